The summed E-state index contributed by atoms with van der Waals surface area (Å²) in [5.41, 5.74) is 0. The summed E-state index contributed by atoms with van der Waals surface area (Å²) in [6.07, 6.45) is 1.34. The minimum atomic E-state index is -0.571. The number of hydrogen-bond donors (Lipinski definition) is 1. The lowest BCUT2D eigenvalue weighted by molar-refractivity contribution is -0.142. The van der Waals surface area contributed by atoms with Crippen LogP contribution < -0.4 is 0 Å². The summed E-state index contributed by atoms with van der Waals surface area (Å²) in [6.45, 7) is 0. The smallest absolute Gasteiger partial charge is 0.187 e. The Labute approximate surface area is 47.2 Å². The van der Waals surface area contributed by atoms with E-state index in [9.17, 15) is 0 Å². The molecule has 0 aromatic heterocycles. The van der Waals surface area contributed by atoms with Crippen LogP contribution in [0.5, 0.6) is 0 Å². The van der Waals surface area contributed by atoms with Gasteiger partial charge >= 0.3 is 0 Å². The number of aliphatic hydroxyl groups excluding tert-OH is 1. The molecule has 1 N–H and O–H groups in total. The molecule has 0 spiro atoms. The predicted molar refractivity (Wildman–Crippen MR) is 25.0 cm³/mol. The van der Waals surface area contributed by atoms with Gasteiger partial charge in [0.15, 0.2) is 12.6 Å². The zero-order valence-corrected chi connectivity index (χ0v) is 4.41. The van der Waals surface area contributed by atoms with Crippen LogP contribution >= 0.6 is 0 Å². The van der Waals surface area contributed by atoms with Crippen LogP contribution in [-0.2, 0) is 9.47 Å². The van der Waals surface area contributed by atoms with Crippen molar-refractivity contribution in [2.45, 2.75) is 31.5 Å². The molecular weight excluding hydrogens is 108 g/mol. The van der Waals surface area contributed by atoms with Gasteiger partial charge in [-0.25, -0.2) is 0 Å². The highest BCUT2D eigenvalue weighted by molar-refractivity contribution is 4.81. The van der Waals surface area contributed by atoms with Gasteiger partial charge in [-0.1, -0.05) is 0 Å². The van der Waals surface area contributed by atoms with E-state index in [0.717, 1.165) is 12.8 Å². The molecule has 3 heteroatoms. The molecule has 3 nitrogen and oxygen atoms in total. The topological polar surface area (TPSA) is 42.0 Å². The van der Waals surface area contributed by atoms with Gasteiger partial charge in [-0.15, -0.1) is 0 Å². The van der Waals surface area contributed by atoms with Crippen molar-refractivity contribution in [1.29, 1.82) is 0 Å². The van der Waals surface area contributed by atoms with E-state index in [4.69, 9.17) is 14.6 Å². The average molecular weight is 116 g/mol. The number of hydrogen-bond acceptors (Lipinski definition) is 3. The molecule has 3 unspecified atom stereocenters. The van der Waals surface area contributed by atoms with Crippen LogP contribution in [0.25, 0.3) is 0 Å². The van der Waals surface area contributed by atoms with Gasteiger partial charge < -0.3 is 14.6 Å². The van der Waals surface area contributed by atoms with Gasteiger partial charge in [0, 0.05) is 6.42 Å². The first-order valence-electron chi connectivity index (χ1n) is 2.85. The van der Waals surface area contributed by atoms with E-state index in [2.05, 4.69) is 0 Å². The molecule has 0 saturated carbocycles. The summed E-state index contributed by atoms with van der Waals surface area (Å²) in [7, 11) is 0. The Hall–Kier alpha value is -0.120. The fraction of sp³-hybridized carbons (Fsp3) is 1.00. The third-order valence-corrected chi connectivity index (χ3v) is 1.53. The maximum atomic E-state index is 8.80. The monoisotopic (exact) mass is 116 g/mol. The van der Waals surface area contributed by atoms with Crippen molar-refractivity contribution in [3.8, 4) is 0 Å². The van der Waals surface area contributed by atoms with Gasteiger partial charge in [0.25, 0.3) is 0 Å². The van der Waals surface area contributed by atoms with Crippen LogP contribution in [0.1, 0.15) is 12.8 Å². The van der Waals surface area contributed by atoms with Gasteiger partial charge in [-0.05, 0) is 6.42 Å². The lowest BCUT2D eigenvalue weighted by Crippen LogP contribution is -2.20. The van der Waals surface area contributed by atoms with Crippen LogP contribution in [0, 0.1) is 0 Å². The first-order chi connectivity index (χ1) is 3.86. The number of aliphatic hydroxyl groups is 1. The van der Waals surface area contributed by atoms with E-state index in [-0.39, 0.29) is 6.29 Å². The molecule has 2 saturated heterocycles. The van der Waals surface area contributed by atoms with Gasteiger partial charge in [0.1, 0.15) is 6.10 Å². The highest BCUT2D eigenvalue weighted by atomic mass is 16.8. The normalized spacial score (nSPS) is 52.9. The van der Waals surface area contributed by atoms with Crippen molar-refractivity contribution in [3.05, 3.63) is 0 Å². The fourth-order valence-corrected chi connectivity index (χ4v) is 0.980. The third-order valence-electron chi connectivity index (χ3n) is 1.53. The molecule has 2 heterocycles. The van der Waals surface area contributed by atoms with Crippen LogP contribution in [0.2, 0.25) is 0 Å². The maximum Gasteiger partial charge on any atom is 0.187 e. The SMILES string of the molecule is OC1CCC2OC2O1. The molecule has 0 bridgehead atoms. The third kappa shape index (κ3) is 0.632. The molecule has 2 aliphatic rings. The average Bonchev–Trinajstić information content (AvgIpc) is 2.43. The molecule has 0 amide bonds. The van der Waals surface area contributed by atoms with E-state index in [1.165, 1.54) is 0 Å². The molecule has 2 aliphatic heterocycles. The van der Waals surface area contributed by atoms with Gasteiger partial charge in [0.05, 0.1) is 0 Å². The molecular formula is C5H8O3. The first kappa shape index (κ1) is 4.73. The number of epoxide rings is 1. The highest BCUT2D eigenvalue weighted by Crippen LogP contribution is 2.33. The molecule has 3 atom stereocenters. The summed E-state index contributed by atoms with van der Waals surface area (Å²) < 4.78 is 9.86. The summed E-state index contributed by atoms with van der Waals surface area (Å²) in [4.78, 5) is 0. The van der Waals surface area contributed by atoms with Crippen LogP contribution in [-0.4, -0.2) is 23.8 Å². The van der Waals surface area contributed by atoms with E-state index in [0.29, 0.717) is 6.10 Å². The summed E-state index contributed by atoms with van der Waals surface area (Å²) in [5, 5.41) is 8.80. The van der Waals surface area contributed by atoms with Crippen molar-refractivity contribution >= 4 is 0 Å². The minimum Gasteiger partial charge on any atom is -0.368 e. The Morgan fingerprint density at radius 3 is 2.75 bits per heavy atom. The zero-order chi connectivity index (χ0) is 5.56. The van der Waals surface area contributed by atoms with Crippen molar-refractivity contribution in [2.24, 2.45) is 0 Å². The van der Waals surface area contributed by atoms with Gasteiger partial charge in [-0.3, -0.25) is 0 Å². The second kappa shape index (κ2) is 1.43. The number of ether oxygens (including phenoxy) is 2. The second-order valence-electron chi connectivity index (χ2n) is 2.21. The summed E-state index contributed by atoms with van der Waals surface area (Å²) >= 11 is 0. The fourth-order valence-electron chi connectivity index (χ4n) is 0.980. The van der Waals surface area contributed by atoms with E-state index in [1.54, 1.807) is 0 Å². The lowest BCUT2D eigenvalue weighted by Gasteiger charge is -2.12. The van der Waals surface area contributed by atoms with E-state index < -0.39 is 6.29 Å². The standard InChI is InChI=1S/C5H8O3/c6-4-2-1-3-5(7-3)8-4/h3-6H,1-2H2. The molecule has 0 aromatic carbocycles. The summed E-state index contributed by atoms with van der Waals surface area (Å²) in [5.74, 6) is 0. The number of fused-ring (bicyclic) bond motifs is 1. The zero-order valence-electron chi connectivity index (χ0n) is 4.41. The Morgan fingerprint density at radius 1 is 1.25 bits per heavy atom. The van der Waals surface area contributed by atoms with Crippen molar-refractivity contribution in [1.82, 2.24) is 0 Å². The van der Waals surface area contributed by atoms with Gasteiger partial charge in [-0.2, -0.15) is 0 Å². The van der Waals surface area contributed by atoms with Crippen LogP contribution in [0.3, 0.4) is 0 Å². The molecule has 2 fully saturated rings. The highest BCUT2D eigenvalue weighted by Gasteiger charge is 2.44. The van der Waals surface area contributed by atoms with Crippen molar-refractivity contribution in [3.63, 3.8) is 0 Å². The maximum absolute atomic E-state index is 8.80. The van der Waals surface area contributed by atoms with Crippen LogP contribution in [0.15, 0.2) is 0 Å². The molecule has 8 heavy (non-hydrogen) atoms. The first-order valence-corrected chi connectivity index (χ1v) is 2.85. The molecule has 2 rings (SSSR count). The number of rotatable bonds is 0. The van der Waals surface area contributed by atoms with Crippen molar-refractivity contribution in [2.75, 3.05) is 0 Å². The molecule has 0 aliphatic carbocycles. The Morgan fingerprint density at radius 2 is 2.12 bits per heavy atom. The second-order valence-corrected chi connectivity index (χ2v) is 2.21. The van der Waals surface area contributed by atoms with Gasteiger partial charge in [0.2, 0.25) is 0 Å². The van der Waals surface area contributed by atoms with E-state index in [1.807, 2.05) is 0 Å². The quantitative estimate of drug-likeness (QED) is 0.447. The Bertz CT molecular complexity index is 104. The Balaban J connectivity index is 1.93. The molecule has 0 radical (unpaired) electrons. The van der Waals surface area contributed by atoms with E-state index >= 15 is 0 Å². The van der Waals surface area contributed by atoms with Crippen molar-refractivity contribution < 1.29 is 14.6 Å². The molecule has 46 valence electrons. The largest absolute Gasteiger partial charge is 0.368 e. The Kier molecular flexibility index (Phi) is 0.848. The van der Waals surface area contributed by atoms with Crippen LogP contribution in [0.4, 0.5) is 0 Å². The molecule has 0 aromatic rings. The minimum absolute atomic E-state index is 0.0706. The lowest BCUT2D eigenvalue weighted by atomic mass is 10.2. The summed E-state index contributed by atoms with van der Waals surface area (Å²) in [6, 6.07) is 0. The predicted octanol–water partition coefficient (Wildman–Crippen LogP) is -0.160.